The molecule has 114 valence electrons. The molecule has 1 amide bonds. The molecule has 0 saturated heterocycles. The number of ether oxygens (including phenoxy) is 1. The fourth-order valence-corrected chi connectivity index (χ4v) is 2.39. The fourth-order valence-electron chi connectivity index (χ4n) is 2.39. The molecule has 0 aromatic heterocycles. The van der Waals surface area contributed by atoms with Crippen molar-refractivity contribution in [1.82, 2.24) is 4.90 Å². The summed E-state index contributed by atoms with van der Waals surface area (Å²) in [6, 6.07) is 4.04. The van der Waals surface area contributed by atoms with Gasteiger partial charge in [0.15, 0.2) is 0 Å². The molecule has 1 aliphatic carbocycles. The monoisotopic (exact) mass is 294 g/mol. The molecule has 1 aliphatic rings. The summed E-state index contributed by atoms with van der Waals surface area (Å²) in [6.45, 7) is 0.0782. The van der Waals surface area contributed by atoms with Crippen LogP contribution in [-0.2, 0) is 0 Å². The van der Waals surface area contributed by atoms with Crippen molar-refractivity contribution in [2.45, 2.75) is 25.3 Å². The molecule has 7 heteroatoms. The molecule has 1 aromatic carbocycles. The molecule has 2 rings (SSSR count). The number of aliphatic hydroxyl groups excluding tert-OH is 1. The van der Waals surface area contributed by atoms with Gasteiger partial charge in [-0.05, 0) is 25.3 Å². The van der Waals surface area contributed by atoms with Crippen LogP contribution in [0.3, 0.4) is 0 Å². The van der Waals surface area contributed by atoms with Crippen LogP contribution < -0.4 is 4.74 Å². The van der Waals surface area contributed by atoms with E-state index in [1.807, 2.05) is 0 Å². The van der Waals surface area contributed by atoms with Crippen LogP contribution in [0.4, 0.5) is 5.69 Å². The number of nitro benzene ring substituents is 1. The highest BCUT2D eigenvalue weighted by Gasteiger charge is 2.31. The third kappa shape index (κ3) is 3.13. The van der Waals surface area contributed by atoms with Gasteiger partial charge in [-0.1, -0.05) is 0 Å². The highest BCUT2D eigenvalue weighted by molar-refractivity contribution is 5.97. The highest BCUT2D eigenvalue weighted by atomic mass is 16.6. The van der Waals surface area contributed by atoms with Crippen LogP contribution in [0.15, 0.2) is 18.2 Å². The molecule has 1 aromatic rings. The summed E-state index contributed by atoms with van der Waals surface area (Å²) >= 11 is 0. The first-order chi connectivity index (χ1) is 10.1. The number of hydrogen-bond donors (Lipinski definition) is 1. The first kappa shape index (κ1) is 15.2. The van der Waals surface area contributed by atoms with Crippen molar-refractivity contribution in [2.75, 3.05) is 20.3 Å². The number of methoxy groups -OCH3 is 1. The van der Waals surface area contributed by atoms with Crippen molar-refractivity contribution in [3.63, 3.8) is 0 Å². The Morgan fingerprint density at radius 2 is 2.24 bits per heavy atom. The minimum Gasteiger partial charge on any atom is -0.496 e. The summed E-state index contributed by atoms with van der Waals surface area (Å²) in [5.74, 6) is -0.0397. The number of carbonyl (C=O) groups is 1. The van der Waals surface area contributed by atoms with Gasteiger partial charge in [0.05, 0.1) is 24.2 Å². The smallest absolute Gasteiger partial charge is 0.270 e. The lowest BCUT2D eigenvalue weighted by molar-refractivity contribution is -0.384. The van der Waals surface area contributed by atoms with E-state index in [1.165, 1.54) is 25.3 Å². The maximum Gasteiger partial charge on any atom is 0.270 e. The Morgan fingerprint density at radius 3 is 2.71 bits per heavy atom. The second-order valence-corrected chi connectivity index (χ2v) is 4.95. The Morgan fingerprint density at radius 1 is 1.52 bits per heavy atom. The number of amides is 1. The zero-order valence-electron chi connectivity index (χ0n) is 11.8. The SMILES string of the molecule is COc1ccc([N+](=O)[O-])cc1C(=O)N(CCO)C1CCC1. The average Bonchev–Trinajstić information content (AvgIpc) is 2.43. The Bertz CT molecular complexity index is 542. The highest BCUT2D eigenvalue weighted by Crippen LogP contribution is 2.30. The maximum absolute atomic E-state index is 12.6. The molecule has 1 N–H and O–H groups in total. The second-order valence-electron chi connectivity index (χ2n) is 4.95. The van der Waals surface area contributed by atoms with E-state index in [1.54, 1.807) is 4.90 Å². The molecule has 0 radical (unpaired) electrons. The minimum atomic E-state index is -0.546. The summed E-state index contributed by atoms with van der Waals surface area (Å²) < 4.78 is 5.13. The third-order valence-electron chi connectivity index (χ3n) is 3.74. The van der Waals surface area contributed by atoms with Crippen molar-refractivity contribution < 1.29 is 19.6 Å². The van der Waals surface area contributed by atoms with E-state index in [0.29, 0.717) is 5.75 Å². The van der Waals surface area contributed by atoms with Gasteiger partial charge < -0.3 is 14.7 Å². The maximum atomic E-state index is 12.6. The van der Waals surface area contributed by atoms with Crippen LogP contribution in [0.1, 0.15) is 29.6 Å². The van der Waals surface area contributed by atoms with E-state index >= 15 is 0 Å². The minimum absolute atomic E-state index is 0.0913. The topological polar surface area (TPSA) is 92.9 Å². The van der Waals surface area contributed by atoms with Crippen molar-refractivity contribution >= 4 is 11.6 Å². The zero-order chi connectivity index (χ0) is 15.4. The van der Waals surface area contributed by atoms with E-state index in [2.05, 4.69) is 0 Å². The van der Waals surface area contributed by atoms with E-state index in [9.17, 15) is 14.9 Å². The van der Waals surface area contributed by atoms with Crippen LogP contribution in [0, 0.1) is 10.1 Å². The van der Waals surface area contributed by atoms with Crippen molar-refractivity contribution in [3.8, 4) is 5.75 Å². The molecule has 0 aliphatic heterocycles. The van der Waals surface area contributed by atoms with Gasteiger partial charge in [0.1, 0.15) is 5.75 Å². The summed E-state index contributed by atoms with van der Waals surface area (Å²) in [4.78, 5) is 24.5. The van der Waals surface area contributed by atoms with E-state index in [0.717, 1.165) is 19.3 Å². The van der Waals surface area contributed by atoms with Crippen molar-refractivity contribution in [1.29, 1.82) is 0 Å². The summed E-state index contributed by atoms with van der Waals surface area (Å²) in [5, 5.41) is 20.0. The van der Waals surface area contributed by atoms with Gasteiger partial charge >= 0.3 is 0 Å². The summed E-state index contributed by atoms with van der Waals surface area (Å²) in [6.07, 6.45) is 2.83. The first-order valence-electron chi connectivity index (χ1n) is 6.82. The van der Waals surface area contributed by atoms with Gasteiger partial charge in [-0.3, -0.25) is 14.9 Å². The molecule has 0 atom stereocenters. The summed E-state index contributed by atoms with van der Waals surface area (Å²) in [5.41, 5.74) is 0.00348. The molecular weight excluding hydrogens is 276 g/mol. The third-order valence-corrected chi connectivity index (χ3v) is 3.74. The largest absolute Gasteiger partial charge is 0.496 e. The first-order valence-corrected chi connectivity index (χ1v) is 6.82. The molecule has 1 fully saturated rings. The number of carbonyl (C=O) groups excluding carboxylic acids is 1. The van der Waals surface area contributed by atoms with E-state index < -0.39 is 4.92 Å². The quantitative estimate of drug-likeness (QED) is 0.635. The van der Waals surface area contributed by atoms with Crippen LogP contribution in [-0.4, -0.2) is 47.1 Å². The molecule has 0 spiro atoms. The predicted octanol–water partition coefficient (Wildman–Crippen LogP) is 1.59. The number of benzene rings is 1. The van der Waals surface area contributed by atoms with E-state index in [4.69, 9.17) is 9.84 Å². The molecule has 0 heterocycles. The van der Waals surface area contributed by atoms with Crippen LogP contribution in [0.5, 0.6) is 5.75 Å². The van der Waals surface area contributed by atoms with Crippen molar-refractivity contribution in [3.05, 3.63) is 33.9 Å². The summed E-state index contributed by atoms with van der Waals surface area (Å²) in [7, 11) is 1.41. The Hall–Kier alpha value is -2.15. The number of hydrogen-bond acceptors (Lipinski definition) is 5. The lowest BCUT2D eigenvalue weighted by atomic mass is 9.91. The molecule has 0 unspecified atom stereocenters. The van der Waals surface area contributed by atoms with Crippen LogP contribution in [0.25, 0.3) is 0 Å². The standard InChI is InChI=1S/C14H18N2O5/c1-21-13-6-5-11(16(19)20)9-12(13)14(18)15(7-8-17)10-3-2-4-10/h5-6,9-10,17H,2-4,7-8H2,1H3. The van der Waals surface area contributed by atoms with Gasteiger partial charge in [0, 0.05) is 24.7 Å². The number of rotatable bonds is 6. The molecule has 21 heavy (non-hydrogen) atoms. The molecule has 7 nitrogen and oxygen atoms in total. The number of aliphatic hydroxyl groups is 1. The second kappa shape index (κ2) is 6.53. The van der Waals surface area contributed by atoms with Gasteiger partial charge in [0.2, 0.25) is 0 Å². The number of nitrogens with zero attached hydrogens (tertiary/aromatic N) is 2. The number of nitro groups is 1. The zero-order valence-corrected chi connectivity index (χ0v) is 11.8. The van der Waals surface area contributed by atoms with Gasteiger partial charge in [-0.25, -0.2) is 0 Å². The number of non-ortho nitro benzene ring substituents is 1. The van der Waals surface area contributed by atoms with Crippen molar-refractivity contribution in [2.24, 2.45) is 0 Å². The molecular formula is C14H18N2O5. The van der Waals surface area contributed by atoms with E-state index in [-0.39, 0.29) is 36.4 Å². The van der Waals surface area contributed by atoms with Gasteiger partial charge in [-0.2, -0.15) is 0 Å². The fraction of sp³-hybridized carbons (Fsp3) is 0.500. The predicted molar refractivity (Wildman–Crippen MR) is 75.4 cm³/mol. The Kier molecular flexibility index (Phi) is 4.74. The normalized spacial score (nSPS) is 14.4. The van der Waals surface area contributed by atoms with Crippen LogP contribution in [0.2, 0.25) is 0 Å². The Balaban J connectivity index is 2.34. The lowest BCUT2D eigenvalue weighted by Crippen LogP contribution is -2.45. The molecule has 1 saturated carbocycles. The Labute approximate surface area is 122 Å². The molecule has 0 bridgehead atoms. The van der Waals surface area contributed by atoms with Gasteiger partial charge in [-0.15, -0.1) is 0 Å². The lowest BCUT2D eigenvalue weighted by Gasteiger charge is -2.37. The average molecular weight is 294 g/mol. The van der Waals surface area contributed by atoms with Gasteiger partial charge in [0.25, 0.3) is 11.6 Å². The van der Waals surface area contributed by atoms with Crippen LogP contribution >= 0.6 is 0 Å².